The molecule has 3 heterocycles. The van der Waals surface area contributed by atoms with Gasteiger partial charge in [-0.2, -0.15) is 0 Å². The van der Waals surface area contributed by atoms with Crippen LogP contribution in [0, 0.1) is 0 Å². The molecule has 0 atom stereocenters. The first-order chi connectivity index (χ1) is 16.8. The molecule has 0 aliphatic rings. The van der Waals surface area contributed by atoms with Crippen molar-refractivity contribution in [1.29, 1.82) is 0 Å². The predicted octanol–water partition coefficient (Wildman–Crippen LogP) is 6.11. The Morgan fingerprint density at radius 1 is 0.735 bits per heavy atom. The lowest BCUT2D eigenvalue weighted by Crippen LogP contribution is -2.43. The Labute approximate surface area is 200 Å². The second-order valence-electron chi connectivity index (χ2n) is 8.87. The number of nitrogens with zero attached hydrogens (tertiary/aromatic N) is 6. The molecule has 2 aromatic carbocycles. The Kier molecular flexibility index (Phi) is 6.65. The zero-order valence-corrected chi connectivity index (χ0v) is 20.2. The van der Waals surface area contributed by atoms with Crippen LogP contribution in [0.2, 0.25) is 0 Å². The minimum absolute atomic E-state index is 0.817. The SMILES string of the molecule is CCCCCn1c(-c2cccc(-n3nc4ccccc4[n+]3CCCCC)n2)nc2ccccc21. The average Bonchev–Trinajstić information content (AvgIpc) is 3.43. The zero-order chi connectivity index (χ0) is 23.3. The van der Waals surface area contributed by atoms with Crippen LogP contribution in [0.1, 0.15) is 52.4 Å². The maximum atomic E-state index is 5.08. The van der Waals surface area contributed by atoms with Crippen molar-refractivity contribution >= 4 is 22.1 Å². The number of fused-ring (bicyclic) bond motifs is 2. The zero-order valence-electron chi connectivity index (χ0n) is 20.2. The van der Waals surface area contributed by atoms with E-state index in [-0.39, 0.29) is 0 Å². The highest BCUT2D eigenvalue weighted by Crippen LogP contribution is 2.25. The number of unbranched alkanes of at least 4 members (excludes halogenated alkanes) is 4. The molecule has 0 bridgehead atoms. The van der Waals surface area contributed by atoms with E-state index in [1.165, 1.54) is 31.2 Å². The molecule has 0 fully saturated rings. The molecule has 0 radical (unpaired) electrons. The summed E-state index contributed by atoms with van der Waals surface area (Å²) in [5, 5.41) is 4.91. The molecule has 6 nitrogen and oxygen atoms in total. The molecule has 0 unspecified atom stereocenters. The molecule has 0 amide bonds. The molecule has 174 valence electrons. The van der Waals surface area contributed by atoms with E-state index in [0.29, 0.717) is 0 Å². The first kappa shape index (κ1) is 22.3. The molecule has 0 saturated heterocycles. The molecule has 0 N–H and O–H groups in total. The van der Waals surface area contributed by atoms with Crippen molar-refractivity contribution in [2.24, 2.45) is 0 Å². The Bertz CT molecular complexity index is 1290. The number of rotatable bonds is 10. The minimum atomic E-state index is 0.817. The number of pyridine rings is 1. The Balaban J connectivity index is 1.59. The first-order valence-corrected chi connectivity index (χ1v) is 12.6. The van der Waals surface area contributed by atoms with Gasteiger partial charge in [0.05, 0.1) is 16.1 Å². The largest absolute Gasteiger partial charge is 0.323 e. The molecule has 5 aromatic rings. The molecule has 3 aromatic heterocycles. The molecular formula is C28H33N6+. The van der Waals surface area contributed by atoms with Crippen LogP contribution in [0.15, 0.2) is 66.7 Å². The van der Waals surface area contributed by atoms with E-state index in [1.54, 1.807) is 0 Å². The maximum absolute atomic E-state index is 5.08. The van der Waals surface area contributed by atoms with Crippen molar-refractivity contribution in [1.82, 2.24) is 24.4 Å². The van der Waals surface area contributed by atoms with Crippen LogP contribution in [0.25, 0.3) is 39.4 Å². The van der Waals surface area contributed by atoms with E-state index in [4.69, 9.17) is 15.1 Å². The predicted molar refractivity (Wildman–Crippen MR) is 137 cm³/mol. The fourth-order valence-electron chi connectivity index (χ4n) is 4.60. The second kappa shape index (κ2) is 10.2. The highest BCUT2D eigenvalue weighted by Gasteiger charge is 2.22. The number of benzene rings is 2. The number of para-hydroxylation sites is 3. The van der Waals surface area contributed by atoms with E-state index < -0.39 is 0 Å². The van der Waals surface area contributed by atoms with Crippen molar-refractivity contribution in [2.75, 3.05) is 0 Å². The summed E-state index contributed by atoms with van der Waals surface area (Å²) in [6.45, 7) is 6.33. The monoisotopic (exact) mass is 453 g/mol. The van der Waals surface area contributed by atoms with Crippen LogP contribution < -0.4 is 4.68 Å². The number of imidazole rings is 1. The quantitative estimate of drug-likeness (QED) is 0.189. The molecule has 5 rings (SSSR count). The van der Waals surface area contributed by atoms with Gasteiger partial charge in [-0.1, -0.05) is 63.4 Å². The Hall–Kier alpha value is -3.54. The summed E-state index contributed by atoms with van der Waals surface area (Å²) >= 11 is 0. The normalized spacial score (nSPS) is 11.6. The van der Waals surface area contributed by atoms with Crippen molar-refractivity contribution in [2.45, 2.75) is 65.5 Å². The molecule has 6 heteroatoms. The van der Waals surface area contributed by atoms with E-state index in [2.05, 4.69) is 71.6 Å². The second-order valence-corrected chi connectivity index (χ2v) is 8.87. The van der Waals surface area contributed by atoms with Gasteiger partial charge in [0.1, 0.15) is 12.2 Å². The van der Waals surface area contributed by atoms with Gasteiger partial charge >= 0.3 is 0 Å². The fraction of sp³-hybridized carbons (Fsp3) is 0.357. The lowest BCUT2D eigenvalue weighted by molar-refractivity contribution is -0.749. The summed E-state index contributed by atoms with van der Waals surface area (Å²) in [4.78, 5) is 12.0. The van der Waals surface area contributed by atoms with E-state index in [0.717, 1.165) is 59.8 Å². The smallest absolute Gasteiger partial charge is 0.249 e. The van der Waals surface area contributed by atoms with Crippen LogP contribution >= 0.6 is 0 Å². The third-order valence-electron chi connectivity index (χ3n) is 6.37. The van der Waals surface area contributed by atoms with Gasteiger partial charge in [-0.25, -0.2) is 9.97 Å². The van der Waals surface area contributed by atoms with Crippen LogP contribution in [0.5, 0.6) is 0 Å². The van der Waals surface area contributed by atoms with E-state index in [9.17, 15) is 0 Å². The summed E-state index contributed by atoms with van der Waals surface area (Å²) in [7, 11) is 0. The van der Waals surface area contributed by atoms with Gasteiger partial charge < -0.3 is 4.57 Å². The Morgan fingerprint density at radius 2 is 1.50 bits per heavy atom. The first-order valence-electron chi connectivity index (χ1n) is 12.6. The van der Waals surface area contributed by atoms with E-state index >= 15 is 0 Å². The van der Waals surface area contributed by atoms with Crippen molar-refractivity contribution in [3.63, 3.8) is 0 Å². The summed E-state index contributed by atoms with van der Waals surface area (Å²) in [5.41, 5.74) is 5.18. The lowest BCUT2D eigenvalue weighted by atomic mass is 10.2. The topological polar surface area (TPSA) is 52.4 Å². The van der Waals surface area contributed by atoms with Crippen molar-refractivity contribution < 1.29 is 4.68 Å². The minimum Gasteiger partial charge on any atom is -0.323 e. The summed E-state index contributed by atoms with van der Waals surface area (Å²) in [5.74, 6) is 1.74. The van der Waals surface area contributed by atoms with Gasteiger partial charge in [-0.15, -0.1) is 4.68 Å². The third kappa shape index (κ3) is 4.32. The third-order valence-corrected chi connectivity index (χ3v) is 6.37. The van der Waals surface area contributed by atoms with Crippen LogP contribution in [0.4, 0.5) is 0 Å². The van der Waals surface area contributed by atoms with Gasteiger partial charge in [0.15, 0.2) is 5.82 Å². The van der Waals surface area contributed by atoms with E-state index in [1.807, 2.05) is 23.0 Å². The fourth-order valence-corrected chi connectivity index (χ4v) is 4.60. The highest BCUT2D eigenvalue weighted by atomic mass is 15.6. The van der Waals surface area contributed by atoms with Gasteiger partial charge in [0.25, 0.3) is 0 Å². The van der Waals surface area contributed by atoms with Crippen LogP contribution in [0.3, 0.4) is 0 Å². The van der Waals surface area contributed by atoms with Gasteiger partial charge in [0, 0.05) is 11.3 Å². The number of aryl methyl sites for hydroxylation is 2. The summed E-state index contributed by atoms with van der Waals surface area (Å²) in [6.07, 6.45) is 7.03. The standard InChI is InChI=1S/C28H33N6/c1-3-5-11-20-32-25-17-9-7-14-22(25)30-28(32)24-16-13-19-27(29-24)34-31-23-15-8-10-18-26(23)33(34)21-12-6-4-2/h7-10,13-19H,3-6,11-12,20-21H2,1-2H3/q+1. The molecule has 0 saturated carbocycles. The molecule has 34 heavy (non-hydrogen) atoms. The Morgan fingerprint density at radius 3 is 2.35 bits per heavy atom. The highest BCUT2D eigenvalue weighted by molar-refractivity contribution is 5.80. The molecular weight excluding hydrogens is 420 g/mol. The molecule has 0 aliphatic heterocycles. The number of hydrogen-bond donors (Lipinski definition) is 0. The lowest BCUT2D eigenvalue weighted by Gasteiger charge is -2.09. The average molecular weight is 454 g/mol. The molecule has 0 aliphatic carbocycles. The van der Waals surface area contributed by atoms with Gasteiger partial charge in [-0.05, 0) is 55.7 Å². The molecule has 0 spiro atoms. The maximum Gasteiger partial charge on any atom is 0.249 e. The van der Waals surface area contributed by atoms with Crippen molar-refractivity contribution in [3.05, 3.63) is 66.7 Å². The van der Waals surface area contributed by atoms with Crippen LogP contribution in [-0.4, -0.2) is 24.4 Å². The summed E-state index contributed by atoms with van der Waals surface area (Å²) in [6, 6.07) is 22.9. The number of aromatic nitrogens is 6. The van der Waals surface area contributed by atoms with Crippen molar-refractivity contribution in [3.8, 4) is 17.3 Å². The number of hydrogen-bond acceptors (Lipinski definition) is 3. The van der Waals surface area contributed by atoms with Crippen LogP contribution in [-0.2, 0) is 13.1 Å². The summed E-state index contributed by atoms with van der Waals surface area (Å²) < 4.78 is 4.58. The van der Waals surface area contributed by atoms with Gasteiger partial charge in [-0.3, -0.25) is 0 Å². The van der Waals surface area contributed by atoms with Gasteiger partial charge in [0.2, 0.25) is 16.9 Å².